The highest BCUT2D eigenvalue weighted by Gasteiger charge is 2.26. The van der Waals surface area contributed by atoms with Crippen molar-refractivity contribution in [3.8, 4) is 5.69 Å². The van der Waals surface area contributed by atoms with Crippen molar-refractivity contribution in [3.05, 3.63) is 108 Å². The largest absolute Gasteiger partial charge is 0.461 e. The molecule has 0 aliphatic rings. The lowest BCUT2D eigenvalue weighted by Gasteiger charge is -2.20. The minimum Gasteiger partial charge on any atom is -0.461 e. The number of carbonyl (C=O) groups excluding carboxylic acids is 2. The van der Waals surface area contributed by atoms with Gasteiger partial charge in [-0.05, 0) is 74.3 Å². The summed E-state index contributed by atoms with van der Waals surface area (Å²) in [4.78, 5) is 52.8. The standard InChI is InChI=1S/C32H34Cl2N4O5/c1-5-15-35-18-21-11-14-23-27(17-21)37(4)32(42)38(30(23)40)22-12-9-20(10-13-22)16-26(31(41)43-19(2)3)36-29(39)28-24(33)7-6-8-25(28)34/h6-14,17,19,26,35H,5,15-16,18H2,1-4H3,(H,36,39). The number of rotatable bonds is 11. The molecule has 0 fully saturated rings. The molecule has 1 heterocycles. The van der Waals surface area contributed by atoms with E-state index in [1.807, 2.05) is 12.1 Å². The zero-order chi connectivity index (χ0) is 31.3. The topological polar surface area (TPSA) is 111 Å². The molecular formula is C32H34Cl2N4O5. The van der Waals surface area contributed by atoms with Gasteiger partial charge in [-0.1, -0.05) is 54.4 Å². The molecule has 0 aliphatic carbocycles. The number of benzene rings is 3. The third kappa shape index (κ3) is 7.36. The summed E-state index contributed by atoms with van der Waals surface area (Å²) in [5.74, 6) is -1.24. The number of esters is 1. The average molecular weight is 626 g/mol. The third-order valence-corrected chi connectivity index (χ3v) is 7.49. The first kappa shape index (κ1) is 32.0. The van der Waals surface area contributed by atoms with Crippen LogP contribution in [0.2, 0.25) is 10.0 Å². The molecule has 0 saturated carbocycles. The molecule has 4 aromatic rings. The highest BCUT2D eigenvalue weighted by Crippen LogP contribution is 2.24. The lowest BCUT2D eigenvalue weighted by Crippen LogP contribution is -2.44. The van der Waals surface area contributed by atoms with Gasteiger partial charge in [0.25, 0.3) is 11.5 Å². The van der Waals surface area contributed by atoms with Gasteiger partial charge in [0, 0.05) is 20.0 Å². The minimum atomic E-state index is -1.05. The molecule has 0 radical (unpaired) electrons. The van der Waals surface area contributed by atoms with Crippen LogP contribution in [-0.4, -0.2) is 39.7 Å². The molecule has 11 heteroatoms. The molecule has 9 nitrogen and oxygen atoms in total. The fourth-order valence-electron chi connectivity index (χ4n) is 4.71. The molecule has 3 aromatic carbocycles. The van der Waals surface area contributed by atoms with E-state index in [9.17, 15) is 19.2 Å². The van der Waals surface area contributed by atoms with E-state index in [4.69, 9.17) is 27.9 Å². The van der Waals surface area contributed by atoms with Crippen LogP contribution in [0.25, 0.3) is 16.6 Å². The Hall–Kier alpha value is -3.92. The summed E-state index contributed by atoms with van der Waals surface area (Å²) in [7, 11) is 1.64. The number of halogens is 2. The zero-order valence-corrected chi connectivity index (χ0v) is 26.0. The number of nitrogens with zero attached hydrogens (tertiary/aromatic N) is 2. The summed E-state index contributed by atoms with van der Waals surface area (Å²) in [5.41, 5.74) is 1.71. The Morgan fingerprint density at radius 1 is 0.953 bits per heavy atom. The van der Waals surface area contributed by atoms with Crippen molar-refractivity contribution in [3.63, 3.8) is 0 Å². The van der Waals surface area contributed by atoms with Crippen LogP contribution in [0.1, 0.15) is 48.7 Å². The lowest BCUT2D eigenvalue weighted by molar-refractivity contribution is -0.149. The molecule has 226 valence electrons. The number of fused-ring (bicyclic) bond motifs is 1. The van der Waals surface area contributed by atoms with Gasteiger partial charge in [0.2, 0.25) is 0 Å². The Balaban J connectivity index is 1.62. The summed E-state index contributed by atoms with van der Waals surface area (Å²) < 4.78 is 7.96. The van der Waals surface area contributed by atoms with Crippen molar-refractivity contribution in [1.82, 2.24) is 19.8 Å². The number of aryl methyl sites for hydroxylation is 1. The van der Waals surface area contributed by atoms with Gasteiger partial charge in [-0.2, -0.15) is 0 Å². The molecular weight excluding hydrogens is 591 g/mol. The van der Waals surface area contributed by atoms with Crippen molar-refractivity contribution >= 4 is 46.0 Å². The first-order valence-corrected chi connectivity index (χ1v) is 14.8. The molecule has 0 bridgehead atoms. The quantitative estimate of drug-likeness (QED) is 0.183. The van der Waals surface area contributed by atoms with Crippen LogP contribution in [-0.2, 0) is 29.5 Å². The van der Waals surface area contributed by atoms with Crippen LogP contribution < -0.4 is 21.9 Å². The third-order valence-electron chi connectivity index (χ3n) is 6.86. The van der Waals surface area contributed by atoms with Crippen molar-refractivity contribution in [2.45, 2.75) is 52.3 Å². The number of carbonyl (C=O) groups is 2. The lowest BCUT2D eigenvalue weighted by atomic mass is 10.0. The Morgan fingerprint density at radius 2 is 1.60 bits per heavy atom. The maximum absolute atomic E-state index is 13.4. The van der Waals surface area contributed by atoms with E-state index in [0.29, 0.717) is 28.7 Å². The summed E-state index contributed by atoms with van der Waals surface area (Å²) in [6.07, 6.45) is 0.682. The van der Waals surface area contributed by atoms with E-state index in [1.54, 1.807) is 57.3 Å². The average Bonchev–Trinajstić information content (AvgIpc) is 2.96. The Labute approximate surface area is 259 Å². The minimum absolute atomic E-state index is 0.0550. The van der Waals surface area contributed by atoms with Crippen molar-refractivity contribution in [1.29, 1.82) is 0 Å². The smallest absolute Gasteiger partial charge is 0.335 e. The predicted octanol–water partition coefficient (Wildman–Crippen LogP) is 4.79. The summed E-state index contributed by atoms with van der Waals surface area (Å²) in [6.45, 7) is 7.02. The number of aromatic nitrogens is 2. The van der Waals surface area contributed by atoms with Gasteiger partial charge in [0.15, 0.2) is 0 Å². The molecule has 1 atom stereocenters. The molecule has 1 aromatic heterocycles. The Bertz CT molecular complexity index is 1740. The molecule has 1 unspecified atom stereocenters. The Morgan fingerprint density at radius 3 is 2.23 bits per heavy atom. The van der Waals surface area contributed by atoms with Crippen LogP contribution >= 0.6 is 23.2 Å². The fourth-order valence-corrected chi connectivity index (χ4v) is 5.28. The molecule has 2 N–H and O–H groups in total. The second-order valence-electron chi connectivity index (χ2n) is 10.5. The van der Waals surface area contributed by atoms with Crippen LogP contribution in [0.5, 0.6) is 0 Å². The zero-order valence-electron chi connectivity index (χ0n) is 24.4. The van der Waals surface area contributed by atoms with Gasteiger partial charge < -0.3 is 15.4 Å². The van der Waals surface area contributed by atoms with Gasteiger partial charge in [-0.15, -0.1) is 0 Å². The van der Waals surface area contributed by atoms with Gasteiger partial charge >= 0.3 is 11.7 Å². The van der Waals surface area contributed by atoms with Gasteiger partial charge in [-0.3, -0.25) is 14.2 Å². The molecule has 1 amide bonds. The van der Waals surface area contributed by atoms with Crippen molar-refractivity contribution in [2.75, 3.05) is 6.54 Å². The molecule has 0 saturated heterocycles. The summed E-state index contributed by atoms with van der Waals surface area (Å²) >= 11 is 12.4. The van der Waals surface area contributed by atoms with E-state index >= 15 is 0 Å². The highest BCUT2D eigenvalue weighted by atomic mass is 35.5. The normalized spacial score (nSPS) is 12.0. The Kier molecular flexibility index (Phi) is 10.4. The number of ether oxygens (including phenoxy) is 1. The van der Waals surface area contributed by atoms with E-state index < -0.39 is 35.3 Å². The highest BCUT2D eigenvalue weighted by molar-refractivity contribution is 6.39. The van der Waals surface area contributed by atoms with Crippen LogP contribution in [0, 0.1) is 0 Å². The first-order valence-electron chi connectivity index (χ1n) is 14.0. The number of nitrogens with one attached hydrogen (secondary N) is 2. The second-order valence-corrected chi connectivity index (χ2v) is 11.3. The monoisotopic (exact) mass is 624 g/mol. The van der Waals surface area contributed by atoms with E-state index in [-0.39, 0.29) is 22.0 Å². The summed E-state index contributed by atoms with van der Waals surface area (Å²) in [5, 5.41) is 6.73. The SMILES string of the molecule is CCCNCc1ccc2c(=O)n(-c3ccc(CC(NC(=O)c4c(Cl)cccc4Cl)C(=O)OC(C)C)cc3)c(=O)n(C)c2c1. The van der Waals surface area contributed by atoms with E-state index in [0.717, 1.165) is 23.1 Å². The maximum atomic E-state index is 13.4. The maximum Gasteiger partial charge on any atom is 0.335 e. The first-order chi connectivity index (χ1) is 20.5. The van der Waals surface area contributed by atoms with Gasteiger partial charge in [-0.25, -0.2) is 14.2 Å². The second kappa shape index (κ2) is 14.0. The van der Waals surface area contributed by atoms with Gasteiger partial charge in [0.1, 0.15) is 6.04 Å². The van der Waals surface area contributed by atoms with Crippen LogP contribution in [0.3, 0.4) is 0 Å². The van der Waals surface area contributed by atoms with Crippen LogP contribution in [0.15, 0.2) is 70.3 Å². The predicted molar refractivity (Wildman–Crippen MR) is 169 cm³/mol. The van der Waals surface area contributed by atoms with Crippen LogP contribution in [0.4, 0.5) is 0 Å². The van der Waals surface area contributed by atoms with Crippen molar-refractivity contribution in [2.24, 2.45) is 7.05 Å². The van der Waals surface area contributed by atoms with Crippen molar-refractivity contribution < 1.29 is 14.3 Å². The molecule has 0 aliphatic heterocycles. The molecule has 4 rings (SSSR count). The molecule has 43 heavy (non-hydrogen) atoms. The fraction of sp³-hybridized carbons (Fsp3) is 0.312. The van der Waals surface area contributed by atoms with E-state index in [1.165, 1.54) is 16.7 Å². The number of amides is 1. The number of hydrogen-bond donors (Lipinski definition) is 2. The van der Waals surface area contributed by atoms with E-state index in [2.05, 4.69) is 17.6 Å². The molecule has 0 spiro atoms. The number of hydrogen-bond acceptors (Lipinski definition) is 6. The summed E-state index contributed by atoms with van der Waals surface area (Å²) in [6, 6.07) is 15.8. The van der Waals surface area contributed by atoms with Gasteiger partial charge in [0.05, 0.1) is 38.3 Å².